The molecule has 5 nitrogen and oxygen atoms in total. The number of hydrogen-bond donors (Lipinski definition) is 1. The molecule has 0 atom stereocenters. The average Bonchev–Trinajstić information content (AvgIpc) is 2.77. The van der Waals surface area contributed by atoms with Crippen LogP contribution in [0.5, 0.6) is 0 Å². The van der Waals surface area contributed by atoms with Gasteiger partial charge >= 0.3 is 0 Å². The summed E-state index contributed by atoms with van der Waals surface area (Å²) < 4.78 is 5.09. The van der Waals surface area contributed by atoms with Gasteiger partial charge in [0.15, 0.2) is 4.34 Å². The van der Waals surface area contributed by atoms with Gasteiger partial charge in [-0.25, -0.2) is 15.0 Å². The third-order valence-electron chi connectivity index (χ3n) is 2.39. The van der Waals surface area contributed by atoms with Crippen molar-refractivity contribution in [1.82, 2.24) is 19.3 Å². The Morgan fingerprint density at radius 3 is 2.56 bits per heavy atom. The van der Waals surface area contributed by atoms with Crippen LogP contribution in [0.1, 0.15) is 24.1 Å². The molecule has 0 radical (unpaired) electrons. The smallest absolute Gasteiger partial charge is 0.176 e. The van der Waals surface area contributed by atoms with Crippen LogP contribution in [-0.4, -0.2) is 26.4 Å². The van der Waals surface area contributed by atoms with E-state index in [1.54, 1.807) is 11.8 Å². The zero-order valence-corrected chi connectivity index (χ0v) is 12.4. The minimum atomic E-state index is 0.804. The van der Waals surface area contributed by atoms with Gasteiger partial charge < -0.3 is 5.32 Å². The molecule has 2 heterocycles. The number of nitrogens with one attached hydrogen (secondary N) is 1. The van der Waals surface area contributed by atoms with Crippen LogP contribution in [0.2, 0.25) is 0 Å². The topological polar surface area (TPSA) is 63.6 Å². The Labute approximate surface area is 115 Å². The molecule has 0 spiro atoms. The summed E-state index contributed by atoms with van der Waals surface area (Å²) in [5.74, 6) is 2.53. The van der Waals surface area contributed by atoms with Crippen molar-refractivity contribution in [2.45, 2.75) is 36.6 Å². The lowest BCUT2D eigenvalue weighted by atomic mass is 10.3. The highest BCUT2D eigenvalue weighted by atomic mass is 32.2. The Balaban J connectivity index is 2.36. The molecule has 1 N–H and O–H groups in total. The van der Waals surface area contributed by atoms with Crippen molar-refractivity contribution in [2.75, 3.05) is 12.4 Å². The van der Waals surface area contributed by atoms with Crippen LogP contribution in [0.3, 0.4) is 0 Å². The Morgan fingerprint density at radius 2 is 2.00 bits per heavy atom. The summed E-state index contributed by atoms with van der Waals surface area (Å²) in [6.45, 7) is 5.96. The fraction of sp³-hybridized carbons (Fsp3) is 0.455. The quantitative estimate of drug-likeness (QED) is 0.869. The van der Waals surface area contributed by atoms with Crippen LogP contribution in [0.25, 0.3) is 0 Å². The maximum absolute atomic E-state index is 4.55. The summed E-state index contributed by atoms with van der Waals surface area (Å²) in [6.07, 6.45) is 0.817. The lowest BCUT2D eigenvalue weighted by Crippen LogP contribution is -2.03. The first-order valence-electron chi connectivity index (χ1n) is 5.67. The first kappa shape index (κ1) is 13.2. The fourth-order valence-corrected chi connectivity index (χ4v) is 3.11. The Hall–Kier alpha value is -1.21. The van der Waals surface area contributed by atoms with Crippen molar-refractivity contribution < 1.29 is 0 Å². The van der Waals surface area contributed by atoms with Crippen molar-refractivity contribution in [3.8, 4) is 0 Å². The summed E-state index contributed by atoms with van der Waals surface area (Å²) in [4.78, 5) is 13.4. The molecular weight excluding hydrogens is 266 g/mol. The Bertz CT molecular complexity index is 552. The maximum atomic E-state index is 4.55. The van der Waals surface area contributed by atoms with Gasteiger partial charge in [-0.1, -0.05) is 6.92 Å². The fourth-order valence-electron chi connectivity index (χ4n) is 1.44. The van der Waals surface area contributed by atoms with E-state index in [2.05, 4.69) is 24.6 Å². The van der Waals surface area contributed by atoms with Gasteiger partial charge in [-0.2, -0.15) is 4.37 Å². The van der Waals surface area contributed by atoms with Crippen molar-refractivity contribution in [3.05, 3.63) is 17.2 Å². The van der Waals surface area contributed by atoms with E-state index >= 15 is 0 Å². The monoisotopic (exact) mass is 281 g/mol. The second-order valence-corrected chi connectivity index (χ2v) is 5.72. The largest absolute Gasteiger partial charge is 0.373 e. The number of nitrogens with zero attached hydrogens (tertiary/aromatic N) is 4. The van der Waals surface area contributed by atoms with E-state index in [1.165, 1.54) is 11.5 Å². The number of hydrogen-bond acceptors (Lipinski definition) is 7. The molecule has 2 rings (SSSR count). The molecule has 96 valence electrons. The summed E-state index contributed by atoms with van der Waals surface area (Å²) in [5, 5.41) is 4.05. The maximum Gasteiger partial charge on any atom is 0.176 e. The molecular formula is C11H15N5S2. The van der Waals surface area contributed by atoms with Crippen LogP contribution >= 0.6 is 23.3 Å². The van der Waals surface area contributed by atoms with Crippen LogP contribution < -0.4 is 5.32 Å². The molecule has 0 saturated heterocycles. The third-order valence-corrected chi connectivity index (χ3v) is 4.33. The van der Waals surface area contributed by atoms with E-state index in [0.29, 0.717) is 0 Å². The van der Waals surface area contributed by atoms with Gasteiger partial charge in [-0.3, -0.25) is 0 Å². The predicted molar refractivity (Wildman–Crippen MR) is 74.5 cm³/mol. The molecule has 2 aromatic heterocycles. The van der Waals surface area contributed by atoms with Crippen LogP contribution in [0.4, 0.5) is 5.82 Å². The van der Waals surface area contributed by atoms with Gasteiger partial charge in [-0.05, 0) is 37.1 Å². The van der Waals surface area contributed by atoms with Gasteiger partial charge in [-0.15, -0.1) is 0 Å². The van der Waals surface area contributed by atoms with E-state index in [-0.39, 0.29) is 0 Å². The molecule has 0 saturated carbocycles. The van der Waals surface area contributed by atoms with E-state index in [0.717, 1.165) is 38.8 Å². The van der Waals surface area contributed by atoms with Gasteiger partial charge in [0.2, 0.25) is 0 Å². The molecule has 0 aromatic carbocycles. The lowest BCUT2D eigenvalue weighted by molar-refractivity contribution is 0.874. The Morgan fingerprint density at radius 1 is 1.22 bits per heavy atom. The normalized spacial score (nSPS) is 10.7. The van der Waals surface area contributed by atoms with E-state index in [9.17, 15) is 0 Å². The van der Waals surface area contributed by atoms with Crippen LogP contribution in [-0.2, 0) is 6.42 Å². The standard InChI is InChI=1S/C11H15N5S2/c1-5-8-14-9(12-4)6(2)10(15-8)17-11-13-7(3)16-18-11/h5H2,1-4H3,(H,12,14,15). The van der Waals surface area contributed by atoms with Gasteiger partial charge in [0.1, 0.15) is 22.5 Å². The zero-order chi connectivity index (χ0) is 13.1. The zero-order valence-electron chi connectivity index (χ0n) is 10.8. The first-order valence-corrected chi connectivity index (χ1v) is 7.26. The molecule has 0 bridgehead atoms. The van der Waals surface area contributed by atoms with Gasteiger partial charge in [0.25, 0.3) is 0 Å². The molecule has 7 heteroatoms. The van der Waals surface area contributed by atoms with Crippen LogP contribution in [0.15, 0.2) is 9.37 Å². The summed E-state index contributed by atoms with van der Waals surface area (Å²) >= 11 is 2.95. The number of anilines is 1. The summed E-state index contributed by atoms with van der Waals surface area (Å²) in [7, 11) is 1.87. The first-order chi connectivity index (χ1) is 8.63. The molecule has 0 aliphatic rings. The minimum Gasteiger partial charge on any atom is -0.373 e. The van der Waals surface area contributed by atoms with E-state index < -0.39 is 0 Å². The van der Waals surface area contributed by atoms with Crippen molar-refractivity contribution >= 4 is 29.1 Å². The number of rotatable bonds is 4. The highest BCUT2D eigenvalue weighted by molar-refractivity contribution is 8.00. The van der Waals surface area contributed by atoms with Crippen molar-refractivity contribution in [3.63, 3.8) is 0 Å². The van der Waals surface area contributed by atoms with Crippen molar-refractivity contribution in [2.24, 2.45) is 0 Å². The van der Waals surface area contributed by atoms with Crippen molar-refractivity contribution in [1.29, 1.82) is 0 Å². The third kappa shape index (κ3) is 2.78. The van der Waals surface area contributed by atoms with Gasteiger partial charge in [0, 0.05) is 19.0 Å². The average molecular weight is 281 g/mol. The molecule has 0 amide bonds. The summed E-state index contributed by atoms with van der Waals surface area (Å²) in [5.41, 5.74) is 1.05. The lowest BCUT2D eigenvalue weighted by Gasteiger charge is -2.09. The molecule has 2 aromatic rings. The molecule has 0 aliphatic heterocycles. The van der Waals surface area contributed by atoms with Gasteiger partial charge in [0.05, 0.1) is 0 Å². The highest BCUT2D eigenvalue weighted by Gasteiger charge is 2.12. The van der Waals surface area contributed by atoms with E-state index in [4.69, 9.17) is 0 Å². The second-order valence-electron chi connectivity index (χ2n) is 3.73. The highest BCUT2D eigenvalue weighted by Crippen LogP contribution is 2.32. The minimum absolute atomic E-state index is 0.804. The molecule has 0 fully saturated rings. The number of aryl methyl sites for hydroxylation is 2. The van der Waals surface area contributed by atoms with Crippen LogP contribution in [0, 0.1) is 13.8 Å². The molecule has 18 heavy (non-hydrogen) atoms. The van der Waals surface area contributed by atoms with E-state index in [1.807, 2.05) is 27.8 Å². The number of aromatic nitrogens is 4. The Kier molecular flexibility index (Phi) is 4.13. The molecule has 0 unspecified atom stereocenters. The SMILES string of the molecule is CCc1nc(NC)c(C)c(Sc2nc(C)ns2)n1. The summed E-state index contributed by atoms with van der Waals surface area (Å²) in [6, 6.07) is 0. The second kappa shape index (κ2) is 5.62. The predicted octanol–water partition coefficient (Wildman–Crippen LogP) is 2.70. The molecule has 0 aliphatic carbocycles.